The second kappa shape index (κ2) is 7.13. The average molecular weight is 349 g/mol. The highest BCUT2D eigenvalue weighted by atomic mass is 32.2. The Kier molecular flexibility index (Phi) is 5.39. The van der Waals surface area contributed by atoms with Crippen molar-refractivity contribution >= 4 is 15.7 Å². The van der Waals surface area contributed by atoms with Gasteiger partial charge in [0, 0.05) is 0 Å². The zero-order valence-corrected chi connectivity index (χ0v) is 15.4. The fourth-order valence-electron chi connectivity index (χ4n) is 2.38. The Morgan fingerprint density at radius 2 is 1.67 bits per heavy atom. The molecule has 2 rings (SSSR count). The molecule has 0 radical (unpaired) electrons. The molecule has 2 aromatic rings. The second-order valence-electron chi connectivity index (χ2n) is 5.86. The van der Waals surface area contributed by atoms with Gasteiger partial charge < -0.3 is 9.47 Å². The molecule has 0 saturated carbocycles. The Morgan fingerprint density at radius 1 is 1.00 bits per heavy atom. The largest absolute Gasteiger partial charge is 0.496 e. The van der Waals surface area contributed by atoms with E-state index in [0.717, 1.165) is 5.56 Å². The van der Waals surface area contributed by atoms with E-state index < -0.39 is 10.0 Å². The Balaban J connectivity index is 2.42. The first kappa shape index (κ1) is 18.1. The molecule has 1 N–H and O–H groups in total. The molecule has 0 atom stereocenters. The van der Waals surface area contributed by atoms with Crippen molar-refractivity contribution in [1.29, 1.82) is 0 Å². The molecule has 2 aromatic carbocycles. The van der Waals surface area contributed by atoms with Crippen molar-refractivity contribution in [2.24, 2.45) is 0 Å². The zero-order valence-electron chi connectivity index (χ0n) is 14.6. The maximum atomic E-state index is 12.8. The summed E-state index contributed by atoms with van der Waals surface area (Å²) in [4.78, 5) is 0.222. The number of sulfonamides is 1. The van der Waals surface area contributed by atoms with Crippen LogP contribution in [0.1, 0.15) is 25.0 Å². The fraction of sp³-hybridized carbons (Fsp3) is 0.333. The van der Waals surface area contributed by atoms with Crippen molar-refractivity contribution in [2.75, 3.05) is 11.8 Å². The van der Waals surface area contributed by atoms with Crippen LogP contribution < -0.4 is 14.2 Å². The zero-order chi connectivity index (χ0) is 17.9. The first-order valence-corrected chi connectivity index (χ1v) is 9.16. The van der Waals surface area contributed by atoms with Gasteiger partial charge in [-0.3, -0.25) is 4.72 Å². The molecule has 0 aliphatic carbocycles. The lowest BCUT2D eigenvalue weighted by Crippen LogP contribution is -2.16. The fourth-order valence-corrected chi connectivity index (χ4v) is 3.76. The highest BCUT2D eigenvalue weighted by Gasteiger charge is 2.20. The SMILES string of the molecule is COc1cc(C)c(S(=O)(=O)Nc2ccccc2OC(C)C)cc1C. The molecule has 0 bridgehead atoms. The molecule has 0 fully saturated rings. The molecule has 6 heteroatoms. The van der Waals surface area contributed by atoms with Crippen molar-refractivity contribution in [3.05, 3.63) is 47.5 Å². The monoisotopic (exact) mass is 349 g/mol. The van der Waals surface area contributed by atoms with Crippen LogP contribution in [0.5, 0.6) is 11.5 Å². The van der Waals surface area contributed by atoms with E-state index >= 15 is 0 Å². The van der Waals surface area contributed by atoms with Crippen LogP contribution in [0.3, 0.4) is 0 Å². The van der Waals surface area contributed by atoms with E-state index in [1.165, 1.54) is 0 Å². The predicted octanol–water partition coefficient (Wildman–Crippen LogP) is 3.90. The number of hydrogen-bond acceptors (Lipinski definition) is 4. The minimum atomic E-state index is -3.74. The number of anilines is 1. The van der Waals surface area contributed by atoms with Gasteiger partial charge >= 0.3 is 0 Å². The summed E-state index contributed by atoms with van der Waals surface area (Å²) in [5.41, 5.74) is 1.79. The Bertz CT molecular complexity index is 829. The highest BCUT2D eigenvalue weighted by molar-refractivity contribution is 7.92. The predicted molar refractivity (Wildman–Crippen MR) is 95.5 cm³/mol. The summed E-state index contributed by atoms with van der Waals surface area (Å²) in [6, 6.07) is 10.3. The average Bonchev–Trinajstić information content (AvgIpc) is 2.50. The molecular weight excluding hydrogens is 326 g/mol. The standard InChI is InChI=1S/C18H23NO4S/c1-12(2)23-16-9-7-6-8-15(16)19-24(20,21)18-11-13(3)17(22-5)10-14(18)4/h6-12,19H,1-5H3. The summed E-state index contributed by atoms with van der Waals surface area (Å²) in [5.74, 6) is 1.16. The van der Waals surface area contributed by atoms with Gasteiger partial charge in [-0.15, -0.1) is 0 Å². The molecule has 0 unspecified atom stereocenters. The topological polar surface area (TPSA) is 64.6 Å². The van der Waals surface area contributed by atoms with Gasteiger partial charge in [-0.25, -0.2) is 8.42 Å². The number of ether oxygens (including phenoxy) is 2. The lowest BCUT2D eigenvalue weighted by atomic mass is 10.1. The Hall–Kier alpha value is -2.21. The highest BCUT2D eigenvalue weighted by Crippen LogP contribution is 2.30. The van der Waals surface area contributed by atoms with Crippen molar-refractivity contribution in [2.45, 2.75) is 38.7 Å². The number of hydrogen-bond donors (Lipinski definition) is 1. The molecule has 0 amide bonds. The van der Waals surface area contributed by atoms with E-state index in [1.807, 2.05) is 20.8 Å². The van der Waals surface area contributed by atoms with E-state index in [1.54, 1.807) is 50.4 Å². The molecule has 0 aromatic heterocycles. The smallest absolute Gasteiger partial charge is 0.262 e. The molecule has 130 valence electrons. The van der Waals surface area contributed by atoms with Crippen molar-refractivity contribution in [1.82, 2.24) is 0 Å². The molecule has 0 spiro atoms. The van der Waals surface area contributed by atoms with Crippen LogP contribution in [-0.2, 0) is 10.0 Å². The summed E-state index contributed by atoms with van der Waals surface area (Å²) >= 11 is 0. The van der Waals surface area contributed by atoms with Crippen LogP contribution in [0, 0.1) is 13.8 Å². The van der Waals surface area contributed by atoms with Crippen LogP contribution in [-0.4, -0.2) is 21.6 Å². The minimum Gasteiger partial charge on any atom is -0.496 e. The molecule has 0 aliphatic rings. The Morgan fingerprint density at radius 3 is 2.29 bits per heavy atom. The van der Waals surface area contributed by atoms with Crippen LogP contribution in [0.15, 0.2) is 41.3 Å². The summed E-state index contributed by atoms with van der Waals surface area (Å²) < 4.78 is 39.1. The quantitative estimate of drug-likeness (QED) is 0.859. The summed E-state index contributed by atoms with van der Waals surface area (Å²) in [5, 5.41) is 0. The van der Waals surface area contributed by atoms with E-state index in [9.17, 15) is 8.42 Å². The van der Waals surface area contributed by atoms with Gasteiger partial charge in [0.25, 0.3) is 10.0 Å². The Labute approximate surface area is 143 Å². The first-order chi connectivity index (χ1) is 11.2. The number of nitrogens with one attached hydrogen (secondary N) is 1. The van der Waals surface area contributed by atoms with E-state index in [0.29, 0.717) is 22.7 Å². The van der Waals surface area contributed by atoms with Crippen LogP contribution in [0.2, 0.25) is 0 Å². The van der Waals surface area contributed by atoms with Crippen LogP contribution in [0.4, 0.5) is 5.69 Å². The second-order valence-corrected chi connectivity index (χ2v) is 7.51. The third kappa shape index (κ3) is 4.00. The number of rotatable bonds is 6. The summed E-state index contributed by atoms with van der Waals surface area (Å²) in [7, 11) is -2.17. The van der Waals surface area contributed by atoms with Gasteiger partial charge in [-0.2, -0.15) is 0 Å². The van der Waals surface area contributed by atoms with Crippen LogP contribution >= 0.6 is 0 Å². The van der Waals surface area contributed by atoms with Crippen LogP contribution in [0.25, 0.3) is 0 Å². The third-order valence-corrected chi connectivity index (χ3v) is 4.98. The number of aryl methyl sites for hydroxylation is 2. The third-order valence-electron chi connectivity index (χ3n) is 3.48. The first-order valence-electron chi connectivity index (χ1n) is 7.68. The molecule has 0 aliphatic heterocycles. The van der Waals surface area contributed by atoms with Gasteiger partial charge in [-0.05, 0) is 63.1 Å². The lowest BCUT2D eigenvalue weighted by Gasteiger charge is -2.17. The van der Waals surface area contributed by atoms with E-state index in [2.05, 4.69) is 4.72 Å². The number of methoxy groups -OCH3 is 1. The van der Waals surface area contributed by atoms with Gasteiger partial charge in [0.05, 0.1) is 23.8 Å². The van der Waals surface area contributed by atoms with Gasteiger partial charge in [0.15, 0.2) is 0 Å². The van der Waals surface area contributed by atoms with Gasteiger partial charge in [0.2, 0.25) is 0 Å². The van der Waals surface area contributed by atoms with E-state index in [4.69, 9.17) is 9.47 Å². The summed E-state index contributed by atoms with van der Waals surface area (Å²) in [6.45, 7) is 7.34. The molecule has 0 heterocycles. The molecule has 24 heavy (non-hydrogen) atoms. The van der Waals surface area contributed by atoms with Gasteiger partial charge in [-0.1, -0.05) is 12.1 Å². The van der Waals surface area contributed by atoms with Crippen molar-refractivity contribution in [3.8, 4) is 11.5 Å². The number of benzene rings is 2. The van der Waals surface area contributed by atoms with Gasteiger partial charge in [0.1, 0.15) is 11.5 Å². The molecule has 5 nitrogen and oxygen atoms in total. The maximum absolute atomic E-state index is 12.8. The molecular formula is C18H23NO4S. The minimum absolute atomic E-state index is 0.0550. The normalized spacial score (nSPS) is 11.4. The van der Waals surface area contributed by atoms with E-state index in [-0.39, 0.29) is 11.0 Å². The van der Waals surface area contributed by atoms with Crippen molar-refractivity contribution < 1.29 is 17.9 Å². The maximum Gasteiger partial charge on any atom is 0.262 e. The lowest BCUT2D eigenvalue weighted by molar-refractivity contribution is 0.244. The number of para-hydroxylation sites is 2. The van der Waals surface area contributed by atoms with Crippen molar-refractivity contribution in [3.63, 3.8) is 0 Å². The molecule has 0 saturated heterocycles. The summed E-state index contributed by atoms with van der Waals surface area (Å²) in [6.07, 6.45) is -0.0550.